The Labute approximate surface area is 136 Å². The van der Waals surface area contributed by atoms with Crippen LogP contribution in [-0.2, 0) is 10.3 Å². The lowest BCUT2D eigenvalue weighted by Gasteiger charge is -2.41. The number of hydrogen-bond acceptors (Lipinski definition) is 2. The maximum atomic E-state index is 14.9. The highest BCUT2D eigenvalue weighted by molar-refractivity contribution is 14.1. The van der Waals surface area contributed by atoms with E-state index in [4.69, 9.17) is 4.43 Å². The van der Waals surface area contributed by atoms with Crippen molar-refractivity contribution in [2.75, 3.05) is 0 Å². The molecule has 1 aromatic rings. The lowest BCUT2D eigenvalue weighted by atomic mass is 10.2. The van der Waals surface area contributed by atoms with Gasteiger partial charge in [-0.05, 0) is 46.8 Å². The van der Waals surface area contributed by atoms with E-state index in [9.17, 15) is 17.6 Å². The monoisotopic (exact) mass is 435 g/mol. The molecule has 0 spiro atoms. The Morgan fingerprint density at radius 2 is 1.81 bits per heavy atom. The average molecular weight is 435 g/mol. The van der Waals surface area contributed by atoms with E-state index in [1.54, 1.807) is 56.5 Å². The maximum Gasteiger partial charge on any atom is 0.307 e. The van der Waals surface area contributed by atoms with Gasteiger partial charge in [-0.1, -0.05) is 20.8 Å². The summed E-state index contributed by atoms with van der Waals surface area (Å²) in [6, 6.07) is 1.28. The van der Waals surface area contributed by atoms with Gasteiger partial charge in [0.15, 0.2) is 14.1 Å². The molecule has 0 radical (unpaired) electrons. The van der Waals surface area contributed by atoms with Gasteiger partial charge in [-0.25, -0.2) is 13.2 Å². The van der Waals surface area contributed by atoms with E-state index in [1.165, 1.54) is 6.07 Å². The summed E-state index contributed by atoms with van der Waals surface area (Å²) in [5, 5.41) is -0.502. The van der Waals surface area contributed by atoms with Gasteiger partial charge in [0.05, 0.1) is 3.57 Å². The quantitative estimate of drug-likeness (QED) is 0.367. The molecule has 1 heterocycles. The second-order valence-corrected chi connectivity index (χ2v) is 12.2. The summed E-state index contributed by atoms with van der Waals surface area (Å²) < 4.78 is 60.7. The van der Waals surface area contributed by atoms with Crippen molar-refractivity contribution in [3.63, 3.8) is 0 Å². The summed E-state index contributed by atoms with van der Waals surface area (Å²) in [5.74, 6) is -4.66. The minimum Gasteiger partial charge on any atom is -0.377 e. The van der Waals surface area contributed by atoms with E-state index >= 15 is 0 Å². The van der Waals surface area contributed by atoms with Gasteiger partial charge in [0.1, 0.15) is 5.69 Å². The number of nitrogens with zero attached hydrogens (tertiary/aromatic N) is 1. The first-order valence-corrected chi connectivity index (χ1v) is 10.3. The van der Waals surface area contributed by atoms with Crippen molar-refractivity contribution in [2.24, 2.45) is 0 Å². The Morgan fingerprint density at radius 3 is 2.24 bits per heavy atom. The molecule has 21 heavy (non-hydrogen) atoms. The summed E-state index contributed by atoms with van der Waals surface area (Å²) in [6.45, 7) is 8.59. The predicted octanol–water partition coefficient (Wildman–Crippen LogP) is 5.23. The first-order valence-electron chi connectivity index (χ1n) is 6.30. The zero-order valence-electron chi connectivity index (χ0n) is 12.5. The van der Waals surface area contributed by atoms with Gasteiger partial charge in [0.25, 0.3) is 0 Å². The van der Waals surface area contributed by atoms with E-state index in [1.807, 2.05) is 0 Å². The number of alkyl halides is 3. The zero-order chi connectivity index (χ0) is 16.6. The van der Waals surface area contributed by atoms with E-state index in [-0.39, 0.29) is 3.57 Å². The third-order valence-electron chi connectivity index (χ3n) is 3.66. The molecule has 0 aliphatic heterocycles. The molecule has 1 rings (SSSR count). The van der Waals surface area contributed by atoms with Gasteiger partial charge in [0, 0.05) is 6.20 Å². The van der Waals surface area contributed by atoms with Gasteiger partial charge in [-0.3, -0.25) is 4.98 Å². The number of aromatic nitrogens is 1. The smallest absolute Gasteiger partial charge is 0.307 e. The van der Waals surface area contributed by atoms with Gasteiger partial charge in [-0.15, -0.1) is 0 Å². The molecule has 0 aliphatic rings. The lowest BCUT2D eigenvalue weighted by Crippen LogP contribution is -2.50. The zero-order valence-corrected chi connectivity index (χ0v) is 15.6. The Hall–Kier alpha value is -0.223. The van der Waals surface area contributed by atoms with Crippen molar-refractivity contribution >= 4 is 30.9 Å². The number of hydrogen-bond donors (Lipinski definition) is 0. The van der Waals surface area contributed by atoms with Crippen LogP contribution in [0.2, 0.25) is 18.1 Å². The molecule has 0 N–H and O–H groups in total. The maximum absolute atomic E-state index is 14.9. The van der Waals surface area contributed by atoms with Crippen LogP contribution in [-0.4, -0.2) is 19.7 Å². The Bertz CT molecular complexity index is 521. The fourth-order valence-corrected chi connectivity index (χ4v) is 3.03. The van der Waals surface area contributed by atoms with Crippen molar-refractivity contribution in [3.05, 3.63) is 27.3 Å². The molecule has 1 atom stereocenters. The molecule has 1 unspecified atom stereocenters. The fourth-order valence-electron chi connectivity index (χ4n) is 1.38. The fraction of sp³-hybridized carbons (Fsp3) is 0.615. The Balaban J connectivity index is 3.37. The first kappa shape index (κ1) is 18.8. The molecule has 0 fully saturated rings. The van der Waals surface area contributed by atoms with Crippen molar-refractivity contribution in [3.8, 4) is 0 Å². The molecular weight excluding hydrogens is 417 g/mol. The summed E-state index contributed by atoms with van der Waals surface area (Å²) in [7, 11) is -2.89. The van der Waals surface area contributed by atoms with Gasteiger partial charge in [-0.2, -0.15) is 4.39 Å². The normalized spacial score (nSPS) is 16.1. The molecule has 1 aromatic heterocycles. The van der Waals surface area contributed by atoms with Gasteiger partial charge < -0.3 is 4.43 Å². The highest BCUT2D eigenvalue weighted by Crippen LogP contribution is 2.45. The number of halogens is 5. The van der Waals surface area contributed by atoms with Crippen LogP contribution in [0.25, 0.3) is 0 Å². The Morgan fingerprint density at radius 1 is 1.29 bits per heavy atom. The van der Waals surface area contributed by atoms with Gasteiger partial charge in [0.2, 0.25) is 0 Å². The molecule has 2 nitrogen and oxygen atoms in total. The van der Waals surface area contributed by atoms with E-state index in [2.05, 4.69) is 4.98 Å². The van der Waals surface area contributed by atoms with Gasteiger partial charge >= 0.3 is 12.3 Å². The minimum atomic E-state index is -3.55. The average Bonchev–Trinajstić information content (AvgIpc) is 2.30. The van der Waals surface area contributed by atoms with Crippen molar-refractivity contribution < 1.29 is 22.0 Å². The third kappa shape index (κ3) is 3.76. The molecular formula is C13H18F4INOSi. The lowest BCUT2D eigenvalue weighted by molar-refractivity contribution is -0.187. The largest absolute Gasteiger partial charge is 0.377 e. The predicted molar refractivity (Wildman–Crippen MR) is 84.0 cm³/mol. The molecule has 0 aromatic carbocycles. The molecule has 0 aliphatic carbocycles. The second-order valence-electron chi connectivity index (χ2n) is 6.26. The molecule has 8 heteroatoms. The first-order chi connectivity index (χ1) is 9.33. The highest BCUT2D eigenvalue weighted by Gasteiger charge is 2.54. The van der Waals surface area contributed by atoms with Crippen LogP contribution >= 0.6 is 22.6 Å². The van der Waals surface area contributed by atoms with Crippen molar-refractivity contribution in [1.29, 1.82) is 0 Å². The molecule has 0 saturated heterocycles. The van der Waals surface area contributed by atoms with Crippen molar-refractivity contribution in [2.45, 2.75) is 51.2 Å². The SMILES string of the molecule is CC(C)(C)[Si](C)(C)OC(F)(c1nccc(I)c1F)C(F)F. The highest BCUT2D eigenvalue weighted by atomic mass is 127. The van der Waals surface area contributed by atoms with E-state index < -0.39 is 37.1 Å². The van der Waals surface area contributed by atoms with Crippen LogP contribution in [0.3, 0.4) is 0 Å². The molecule has 0 bridgehead atoms. The summed E-state index contributed by atoms with van der Waals surface area (Å²) >= 11 is 1.60. The Kier molecular flexibility index (Phi) is 5.48. The van der Waals surface area contributed by atoms with Crippen LogP contribution in [0, 0.1) is 9.39 Å². The topological polar surface area (TPSA) is 22.1 Å². The molecule has 0 amide bonds. The molecule has 120 valence electrons. The van der Waals surface area contributed by atoms with Crippen LogP contribution in [0.5, 0.6) is 0 Å². The third-order valence-corrected chi connectivity index (χ3v) is 8.91. The summed E-state index contributed by atoms with van der Waals surface area (Å²) in [5.41, 5.74) is -0.991. The summed E-state index contributed by atoms with van der Waals surface area (Å²) in [4.78, 5) is 3.46. The van der Waals surface area contributed by atoms with Crippen LogP contribution in [0.4, 0.5) is 17.6 Å². The standard InChI is InChI=1S/C13H18F4INOSi/c1-12(2,3)21(4,5)20-13(17,11(15)16)10-9(14)8(18)6-7-19-10/h6-7,11H,1-5H3. The van der Waals surface area contributed by atoms with Crippen LogP contribution in [0.15, 0.2) is 12.3 Å². The minimum absolute atomic E-state index is 0.0131. The number of pyridine rings is 1. The summed E-state index contributed by atoms with van der Waals surface area (Å²) in [6.07, 6.45) is -2.45. The van der Waals surface area contributed by atoms with E-state index in [0.717, 1.165) is 6.20 Å². The van der Waals surface area contributed by atoms with Crippen LogP contribution < -0.4 is 0 Å². The molecule has 0 saturated carbocycles. The second kappa shape index (κ2) is 6.11. The number of rotatable bonds is 4. The van der Waals surface area contributed by atoms with E-state index in [0.29, 0.717) is 0 Å². The van der Waals surface area contributed by atoms with Crippen molar-refractivity contribution in [1.82, 2.24) is 4.98 Å². The van der Waals surface area contributed by atoms with Crippen LogP contribution in [0.1, 0.15) is 26.5 Å².